The molecule has 0 N–H and O–H groups in total. The Kier molecular flexibility index (Phi) is 6.93. The topological polar surface area (TPSA) is 29.0 Å². The molecule has 6 heteroatoms. The first-order valence-electron chi connectivity index (χ1n) is 9.68. The van der Waals surface area contributed by atoms with Gasteiger partial charge in [0.15, 0.2) is 0 Å². The van der Waals surface area contributed by atoms with Crippen LogP contribution in [0.15, 0.2) is 34.3 Å². The van der Waals surface area contributed by atoms with E-state index in [4.69, 9.17) is 28.2 Å². The molecule has 1 aliphatic rings. The van der Waals surface area contributed by atoms with E-state index in [1.807, 2.05) is 25.3 Å². The van der Waals surface area contributed by atoms with E-state index < -0.39 is 0 Å². The van der Waals surface area contributed by atoms with Crippen molar-refractivity contribution < 1.29 is 0 Å². The third kappa shape index (κ3) is 4.72. The summed E-state index contributed by atoms with van der Waals surface area (Å²) in [4.78, 5) is 12.8. The summed E-state index contributed by atoms with van der Waals surface area (Å²) < 4.78 is 0. The molecule has 1 aromatic heterocycles. The summed E-state index contributed by atoms with van der Waals surface area (Å²) in [5.74, 6) is 0.982. The van der Waals surface area contributed by atoms with Gasteiger partial charge >= 0.3 is 0 Å². The largest absolute Gasteiger partial charge is 0.355 e. The number of piperidine rings is 1. The summed E-state index contributed by atoms with van der Waals surface area (Å²) in [5.41, 5.74) is 1.45. The van der Waals surface area contributed by atoms with Crippen LogP contribution in [0.4, 0.5) is 5.82 Å². The average molecular weight is 424 g/mol. The first kappa shape index (κ1) is 20.8. The van der Waals surface area contributed by atoms with Gasteiger partial charge in [-0.2, -0.15) is 0 Å². The second kappa shape index (κ2) is 9.02. The Bertz CT molecular complexity index is 789. The first-order chi connectivity index (χ1) is 13.0. The monoisotopic (exact) mass is 423 g/mol. The highest BCUT2D eigenvalue weighted by atomic mass is 35.5. The van der Waals surface area contributed by atoms with Gasteiger partial charge in [0.25, 0.3) is 0 Å². The Balaban J connectivity index is 1.71. The molecule has 0 radical (unpaired) electrons. The Morgan fingerprint density at radius 3 is 2.56 bits per heavy atom. The van der Waals surface area contributed by atoms with Gasteiger partial charge in [-0.25, -0.2) is 9.97 Å². The van der Waals surface area contributed by atoms with Crippen molar-refractivity contribution in [1.82, 2.24) is 9.97 Å². The number of halogens is 2. The highest BCUT2D eigenvalue weighted by molar-refractivity contribution is 7.99. The van der Waals surface area contributed by atoms with Gasteiger partial charge in [-0.1, -0.05) is 67.7 Å². The quantitative estimate of drug-likeness (QED) is 0.497. The molecular weight excluding hydrogens is 397 g/mol. The molecule has 1 fully saturated rings. The van der Waals surface area contributed by atoms with Crippen molar-refractivity contribution >= 4 is 40.8 Å². The van der Waals surface area contributed by atoms with Crippen LogP contribution in [-0.4, -0.2) is 23.1 Å². The Morgan fingerprint density at radius 2 is 1.93 bits per heavy atom. The van der Waals surface area contributed by atoms with Crippen LogP contribution in [0.25, 0.3) is 0 Å². The zero-order valence-electron chi connectivity index (χ0n) is 16.3. The Hall–Kier alpha value is -0.970. The summed E-state index contributed by atoms with van der Waals surface area (Å²) >= 11 is 13.9. The fourth-order valence-corrected chi connectivity index (χ4v) is 5.22. The number of anilines is 1. The molecule has 146 valence electrons. The van der Waals surface area contributed by atoms with Crippen LogP contribution in [0, 0.1) is 12.3 Å². The molecule has 1 aromatic carbocycles. The highest BCUT2D eigenvalue weighted by Crippen LogP contribution is 2.41. The van der Waals surface area contributed by atoms with E-state index >= 15 is 0 Å². The maximum Gasteiger partial charge on any atom is 0.147 e. The molecule has 2 aromatic rings. The van der Waals surface area contributed by atoms with E-state index in [0.29, 0.717) is 15.5 Å². The van der Waals surface area contributed by atoms with E-state index in [-0.39, 0.29) is 0 Å². The van der Waals surface area contributed by atoms with E-state index in [1.165, 1.54) is 43.9 Å². The number of nitrogens with zero attached hydrogens (tertiary/aromatic N) is 3. The predicted octanol–water partition coefficient (Wildman–Crippen LogP) is 7.04. The minimum Gasteiger partial charge on any atom is -0.355 e. The van der Waals surface area contributed by atoms with Crippen molar-refractivity contribution in [3.05, 3.63) is 40.1 Å². The van der Waals surface area contributed by atoms with Gasteiger partial charge < -0.3 is 4.90 Å². The molecule has 3 rings (SSSR count). The first-order valence-corrected chi connectivity index (χ1v) is 11.3. The van der Waals surface area contributed by atoms with Crippen LogP contribution >= 0.6 is 35.0 Å². The van der Waals surface area contributed by atoms with E-state index in [2.05, 4.69) is 23.7 Å². The van der Waals surface area contributed by atoms with Gasteiger partial charge in [-0.15, -0.1) is 0 Å². The zero-order valence-corrected chi connectivity index (χ0v) is 18.6. The highest BCUT2D eigenvalue weighted by Gasteiger charge is 2.32. The van der Waals surface area contributed by atoms with Gasteiger partial charge in [-0.05, 0) is 43.7 Å². The molecule has 2 heterocycles. The average Bonchev–Trinajstić information content (AvgIpc) is 2.67. The third-order valence-corrected chi connectivity index (χ3v) is 7.78. The minimum atomic E-state index is 0.521. The Labute approximate surface area is 176 Å². The lowest BCUT2D eigenvalue weighted by molar-refractivity contribution is 0.188. The van der Waals surface area contributed by atoms with Gasteiger partial charge in [0.2, 0.25) is 0 Å². The normalized spacial score (nSPS) is 16.6. The molecule has 0 unspecified atom stereocenters. The SMILES string of the molecule is CCCC1(CC)CCN(c2cnc(Sc3cccc(Cl)c3Cl)c(C)n2)CC1. The minimum absolute atomic E-state index is 0.521. The van der Waals surface area contributed by atoms with Gasteiger partial charge in [0, 0.05) is 18.0 Å². The van der Waals surface area contributed by atoms with Gasteiger partial charge in [0.1, 0.15) is 10.8 Å². The Morgan fingerprint density at radius 1 is 1.19 bits per heavy atom. The molecule has 3 nitrogen and oxygen atoms in total. The van der Waals surface area contributed by atoms with Crippen molar-refractivity contribution in [2.45, 2.75) is 62.8 Å². The summed E-state index contributed by atoms with van der Waals surface area (Å²) in [6, 6.07) is 5.65. The maximum absolute atomic E-state index is 6.31. The number of benzene rings is 1. The smallest absolute Gasteiger partial charge is 0.147 e. The van der Waals surface area contributed by atoms with E-state index in [1.54, 1.807) is 6.07 Å². The van der Waals surface area contributed by atoms with Crippen LogP contribution in [0.5, 0.6) is 0 Å². The molecule has 0 spiro atoms. The fourth-order valence-electron chi connectivity index (χ4n) is 3.90. The molecule has 27 heavy (non-hydrogen) atoms. The number of hydrogen-bond acceptors (Lipinski definition) is 4. The van der Waals surface area contributed by atoms with Crippen molar-refractivity contribution in [2.24, 2.45) is 5.41 Å². The number of hydrogen-bond donors (Lipinski definition) is 0. The van der Waals surface area contributed by atoms with Crippen LogP contribution in [0.1, 0.15) is 51.6 Å². The molecule has 0 bridgehead atoms. The lowest BCUT2D eigenvalue weighted by Crippen LogP contribution is -2.40. The zero-order chi connectivity index (χ0) is 19.4. The summed E-state index contributed by atoms with van der Waals surface area (Å²) in [6.07, 6.45) is 8.25. The van der Waals surface area contributed by atoms with E-state index in [9.17, 15) is 0 Å². The second-order valence-corrected chi connectivity index (χ2v) is 9.18. The van der Waals surface area contributed by atoms with Crippen molar-refractivity contribution in [1.29, 1.82) is 0 Å². The molecule has 0 atom stereocenters. The number of aryl methyl sites for hydroxylation is 1. The number of aromatic nitrogens is 2. The summed E-state index contributed by atoms with van der Waals surface area (Å²) in [5, 5.41) is 2.00. The second-order valence-electron chi connectivity index (χ2n) is 7.36. The summed E-state index contributed by atoms with van der Waals surface area (Å²) in [6.45, 7) is 8.77. The molecule has 1 aliphatic heterocycles. The molecule has 0 aliphatic carbocycles. The van der Waals surface area contributed by atoms with Crippen LogP contribution in [-0.2, 0) is 0 Å². The lowest BCUT2D eigenvalue weighted by atomic mass is 9.73. The molecule has 0 saturated carbocycles. The standard InChI is InChI=1S/C21H27Cl2N3S/c1-4-9-21(5-2)10-12-26(13-11-21)18-14-24-20(15(3)25-18)27-17-8-6-7-16(22)19(17)23/h6-8,14H,4-5,9-13H2,1-3H3. The van der Waals surface area contributed by atoms with E-state index in [0.717, 1.165) is 34.5 Å². The number of rotatable bonds is 6. The van der Waals surface area contributed by atoms with Crippen LogP contribution in [0.3, 0.4) is 0 Å². The maximum atomic E-state index is 6.31. The molecular formula is C21H27Cl2N3S. The molecule has 0 amide bonds. The van der Waals surface area contributed by atoms with Crippen LogP contribution < -0.4 is 4.90 Å². The van der Waals surface area contributed by atoms with Crippen LogP contribution in [0.2, 0.25) is 10.0 Å². The molecule has 1 saturated heterocycles. The van der Waals surface area contributed by atoms with Gasteiger partial charge in [-0.3, -0.25) is 0 Å². The van der Waals surface area contributed by atoms with Crippen molar-refractivity contribution in [3.63, 3.8) is 0 Å². The van der Waals surface area contributed by atoms with Gasteiger partial charge in [0.05, 0.1) is 21.9 Å². The predicted molar refractivity (Wildman–Crippen MR) is 116 cm³/mol. The summed E-state index contributed by atoms with van der Waals surface area (Å²) in [7, 11) is 0. The van der Waals surface area contributed by atoms with Crippen molar-refractivity contribution in [2.75, 3.05) is 18.0 Å². The fraction of sp³-hybridized carbons (Fsp3) is 0.524. The lowest BCUT2D eigenvalue weighted by Gasteiger charge is -2.42. The third-order valence-electron chi connectivity index (χ3n) is 5.69. The van der Waals surface area contributed by atoms with Crippen molar-refractivity contribution in [3.8, 4) is 0 Å².